The second-order valence-electron chi connectivity index (χ2n) is 7.15. The van der Waals surface area contributed by atoms with Gasteiger partial charge in [-0.2, -0.15) is 0 Å². The zero-order chi connectivity index (χ0) is 22.7. The van der Waals surface area contributed by atoms with E-state index in [1.807, 2.05) is 27.7 Å². The van der Waals surface area contributed by atoms with Crippen molar-refractivity contribution in [2.24, 2.45) is 17.6 Å². The van der Waals surface area contributed by atoms with Gasteiger partial charge in [-0.15, -0.1) is 0 Å². The molecule has 1 fully saturated rings. The number of allylic oxidation sites excluding steroid dienone is 5. The highest BCUT2D eigenvalue weighted by Gasteiger charge is 2.20. The molecule has 1 saturated carbocycles. The molecule has 0 spiro atoms. The van der Waals surface area contributed by atoms with Gasteiger partial charge in [0.05, 0.1) is 0 Å². The van der Waals surface area contributed by atoms with Crippen molar-refractivity contribution < 1.29 is 0 Å². The van der Waals surface area contributed by atoms with Crippen LogP contribution in [-0.2, 0) is 6.42 Å². The van der Waals surface area contributed by atoms with Crippen LogP contribution in [0.15, 0.2) is 54.6 Å². The van der Waals surface area contributed by atoms with E-state index in [-0.39, 0.29) is 0 Å². The van der Waals surface area contributed by atoms with E-state index in [0.717, 1.165) is 17.4 Å². The molecule has 1 aliphatic carbocycles. The molecule has 1 nitrogen and oxygen atoms in total. The summed E-state index contributed by atoms with van der Waals surface area (Å²) >= 11 is 0. The minimum atomic E-state index is 0.919. The van der Waals surface area contributed by atoms with Crippen molar-refractivity contribution in [2.45, 2.75) is 87.0 Å². The van der Waals surface area contributed by atoms with Gasteiger partial charge in [0.2, 0.25) is 0 Å². The molecule has 166 valence electrons. The summed E-state index contributed by atoms with van der Waals surface area (Å²) in [5.74, 6) is 1.85. The Hall–Kier alpha value is -1.60. The maximum atomic E-state index is 4.50. The molecule has 2 N–H and O–H groups in total. The fourth-order valence-corrected chi connectivity index (χ4v) is 3.48. The molecule has 1 aromatic rings. The molecular formula is C28H49N. The summed E-state index contributed by atoms with van der Waals surface area (Å²) in [5.41, 5.74) is 9.54. The SMILES string of the molecule is C=C(/C=C\C(C)=C/C)c1ccc(CCC2CCCCC2C)cc1.CC.CC.CN. The van der Waals surface area contributed by atoms with Gasteiger partial charge in [0.15, 0.2) is 0 Å². The van der Waals surface area contributed by atoms with Crippen LogP contribution in [0.5, 0.6) is 0 Å². The number of nitrogens with two attached hydrogens (primary N) is 1. The van der Waals surface area contributed by atoms with Crippen LogP contribution in [0.3, 0.4) is 0 Å². The molecule has 0 radical (unpaired) electrons. The van der Waals surface area contributed by atoms with Crippen LogP contribution in [0.25, 0.3) is 5.57 Å². The number of hydrogen-bond donors (Lipinski definition) is 1. The van der Waals surface area contributed by atoms with Crippen LogP contribution in [0.1, 0.15) is 91.7 Å². The Morgan fingerprint density at radius 2 is 1.55 bits per heavy atom. The van der Waals surface area contributed by atoms with E-state index >= 15 is 0 Å². The highest BCUT2D eigenvalue weighted by atomic mass is 14.4. The van der Waals surface area contributed by atoms with Crippen LogP contribution < -0.4 is 5.73 Å². The Morgan fingerprint density at radius 1 is 1.00 bits per heavy atom. The van der Waals surface area contributed by atoms with Crippen molar-refractivity contribution in [3.05, 3.63) is 65.8 Å². The van der Waals surface area contributed by atoms with Crippen molar-refractivity contribution >= 4 is 5.57 Å². The molecule has 0 saturated heterocycles. The van der Waals surface area contributed by atoms with Crippen LogP contribution in [0, 0.1) is 11.8 Å². The van der Waals surface area contributed by atoms with Crippen LogP contribution in [0.4, 0.5) is 0 Å². The van der Waals surface area contributed by atoms with E-state index in [0.29, 0.717) is 0 Å². The first-order chi connectivity index (χ1) is 14.1. The van der Waals surface area contributed by atoms with E-state index in [4.69, 9.17) is 0 Å². The maximum Gasteiger partial charge on any atom is -0.0190 e. The second-order valence-corrected chi connectivity index (χ2v) is 7.15. The van der Waals surface area contributed by atoms with Gasteiger partial charge < -0.3 is 5.73 Å². The quantitative estimate of drug-likeness (QED) is 0.476. The van der Waals surface area contributed by atoms with E-state index in [1.165, 1.54) is 62.3 Å². The molecule has 0 aliphatic heterocycles. The first-order valence-corrected chi connectivity index (χ1v) is 11.8. The van der Waals surface area contributed by atoms with Crippen LogP contribution >= 0.6 is 0 Å². The van der Waals surface area contributed by atoms with E-state index in [2.05, 4.69) is 75.6 Å². The standard InChI is InChI=1S/C23H32.2C2H6.CH5N/c1-5-18(2)10-11-20(4)23-16-13-21(14-17-23)12-15-22-9-7-6-8-19(22)3;3*1-2/h5,10-11,13-14,16-17,19,22H,4,6-9,12,15H2,1-3H3;2*1-2H3;2H2,1H3/b11-10-,18-5-;;;. The Labute approximate surface area is 183 Å². The summed E-state index contributed by atoms with van der Waals surface area (Å²) in [6, 6.07) is 9.00. The molecular weight excluding hydrogens is 350 g/mol. The number of hydrogen-bond acceptors (Lipinski definition) is 1. The van der Waals surface area contributed by atoms with E-state index < -0.39 is 0 Å². The molecule has 2 rings (SSSR count). The van der Waals surface area contributed by atoms with Gasteiger partial charge in [0.25, 0.3) is 0 Å². The fraction of sp³-hybridized carbons (Fsp3) is 0.571. The van der Waals surface area contributed by atoms with Crippen molar-refractivity contribution in [2.75, 3.05) is 7.05 Å². The predicted molar refractivity (Wildman–Crippen MR) is 136 cm³/mol. The van der Waals surface area contributed by atoms with Crippen LogP contribution in [-0.4, -0.2) is 7.05 Å². The summed E-state index contributed by atoms with van der Waals surface area (Å²) in [6.45, 7) is 18.8. The van der Waals surface area contributed by atoms with Gasteiger partial charge in [-0.1, -0.05) is 115 Å². The molecule has 0 amide bonds. The summed E-state index contributed by atoms with van der Waals surface area (Å²) in [5, 5.41) is 0. The lowest BCUT2D eigenvalue weighted by Gasteiger charge is -2.28. The highest BCUT2D eigenvalue weighted by Crippen LogP contribution is 2.32. The summed E-state index contributed by atoms with van der Waals surface area (Å²) in [6.07, 6.45) is 14.7. The molecule has 29 heavy (non-hydrogen) atoms. The molecule has 1 aliphatic rings. The third kappa shape index (κ3) is 12.5. The first kappa shape index (κ1) is 29.6. The summed E-state index contributed by atoms with van der Waals surface area (Å²) < 4.78 is 0. The molecule has 0 aromatic heterocycles. The molecule has 2 atom stereocenters. The zero-order valence-electron chi connectivity index (χ0n) is 20.7. The van der Waals surface area contributed by atoms with Crippen molar-refractivity contribution in [3.8, 4) is 0 Å². The lowest BCUT2D eigenvalue weighted by atomic mass is 9.77. The largest absolute Gasteiger partial charge is 0.333 e. The van der Waals surface area contributed by atoms with Gasteiger partial charge in [0, 0.05) is 0 Å². The van der Waals surface area contributed by atoms with Gasteiger partial charge in [-0.25, -0.2) is 0 Å². The second kappa shape index (κ2) is 19.7. The van der Waals surface area contributed by atoms with Gasteiger partial charge in [-0.3, -0.25) is 0 Å². The third-order valence-corrected chi connectivity index (χ3v) is 5.42. The lowest BCUT2D eigenvalue weighted by molar-refractivity contribution is 0.242. The smallest absolute Gasteiger partial charge is 0.0190 e. The number of aryl methyl sites for hydroxylation is 1. The Morgan fingerprint density at radius 3 is 2.07 bits per heavy atom. The third-order valence-electron chi connectivity index (χ3n) is 5.42. The average Bonchev–Trinajstić information content (AvgIpc) is 2.81. The average molecular weight is 400 g/mol. The topological polar surface area (TPSA) is 26.0 Å². The van der Waals surface area contributed by atoms with Crippen molar-refractivity contribution in [3.63, 3.8) is 0 Å². The van der Waals surface area contributed by atoms with Crippen LogP contribution in [0.2, 0.25) is 0 Å². The fourth-order valence-electron chi connectivity index (χ4n) is 3.48. The lowest BCUT2D eigenvalue weighted by Crippen LogP contribution is -2.17. The molecule has 2 unspecified atom stereocenters. The number of benzene rings is 1. The zero-order valence-corrected chi connectivity index (χ0v) is 20.7. The minimum absolute atomic E-state index is 0.919. The monoisotopic (exact) mass is 399 g/mol. The Balaban J connectivity index is 0. The molecule has 0 heterocycles. The van der Waals surface area contributed by atoms with E-state index in [9.17, 15) is 0 Å². The maximum absolute atomic E-state index is 4.50. The normalized spacial score (nSPS) is 18.4. The highest BCUT2D eigenvalue weighted by molar-refractivity contribution is 5.72. The Bertz CT molecular complexity index is 562. The summed E-state index contributed by atoms with van der Waals surface area (Å²) in [4.78, 5) is 0. The summed E-state index contributed by atoms with van der Waals surface area (Å²) in [7, 11) is 1.50. The Kier molecular flexibility index (Phi) is 20.1. The predicted octanol–water partition coefficient (Wildman–Crippen LogP) is 8.61. The van der Waals surface area contributed by atoms with Gasteiger partial charge in [0.1, 0.15) is 0 Å². The van der Waals surface area contributed by atoms with Crippen molar-refractivity contribution in [1.29, 1.82) is 0 Å². The minimum Gasteiger partial charge on any atom is -0.333 e. The van der Waals surface area contributed by atoms with E-state index in [1.54, 1.807) is 0 Å². The molecule has 1 aromatic carbocycles. The van der Waals surface area contributed by atoms with Crippen molar-refractivity contribution in [1.82, 2.24) is 0 Å². The number of rotatable bonds is 6. The van der Waals surface area contributed by atoms with Gasteiger partial charge in [-0.05, 0) is 62.3 Å². The van der Waals surface area contributed by atoms with Gasteiger partial charge >= 0.3 is 0 Å². The first-order valence-electron chi connectivity index (χ1n) is 11.8. The molecule has 0 bridgehead atoms. The molecule has 1 heteroatoms.